The summed E-state index contributed by atoms with van der Waals surface area (Å²) >= 11 is 8.27. The van der Waals surface area contributed by atoms with Crippen LogP contribution in [0.2, 0.25) is 5.02 Å². The SMILES string of the molecule is COc1cc(Cl)c(C)cc1NC(=O)CNc1ccccc1I. The summed E-state index contributed by atoms with van der Waals surface area (Å²) in [4.78, 5) is 12.1. The van der Waals surface area contributed by atoms with Crippen LogP contribution in [0.3, 0.4) is 0 Å². The summed E-state index contributed by atoms with van der Waals surface area (Å²) in [7, 11) is 1.54. The van der Waals surface area contributed by atoms with Crippen molar-refractivity contribution in [1.29, 1.82) is 0 Å². The molecule has 0 heterocycles. The zero-order valence-corrected chi connectivity index (χ0v) is 15.2. The van der Waals surface area contributed by atoms with Crippen LogP contribution < -0.4 is 15.4 Å². The van der Waals surface area contributed by atoms with Gasteiger partial charge < -0.3 is 15.4 Å². The molecule has 0 aromatic heterocycles. The number of benzene rings is 2. The quantitative estimate of drug-likeness (QED) is 0.695. The highest BCUT2D eigenvalue weighted by Crippen LogP contribution is 2.30. The number of para-hydroxylation sites is 1. The Hall–Kier alpha value is -1.47. The summed E-state index contributed by atoms with van der Waals surface area (Å²) in [6.07, 6.45) is 0. The third-order valence-electron chi connectivity index (χ3n) is 3.07. The second kappa shape index (κ2) is 7.69. The van der Waals surface area contributed by atoms with Gasteiger partial charge in [-0.3, -0.25) is 4.79 Å². The van der Waals surface area contributed by atoms with Crippen molar-refractivity contribution in [3.8, 4) is 5.75 Å². The van der Waals surface area contributed by atoms with Crippen molar-refractivity contribution in [2.45, 2.75) is 6.92 Å². The van der Waals surface area contributed by atoms with Gasteiger partial charge in [-0.05, 0) is 53.3 Å². The van der Waals surface area contributed by atoms with Crippen LogP contribution in [-0.2, 0) is 4.79 Å². The number of rotatable bonds is 5. The molecule has 22 heavy (non-hydrogen) atoms. The van der Waals surface area contributed by atoms with Crippen LogP contribution in [-0.4, -0.2) is 19.6 Å². The Morgan fingerprint density at radius 2 is 2.00 bits per heavy atom. The number of ether oxygens (including phenoxy) is 1. The van der Waals surface area contributed by atoms with E-state index in [2.05, 4.69) is 33.2 Å². The van der Waals surface area contributed by atoms with Gasteiger partial charge in [0.15, 0.2) is 0 Å². The van der Waals surface area contributed by atoms with E-state index in [0.717, 1.165) is 14.8 Å². The van der Waals surface area contributed by atoms with Gasteiger partial charge in [-0.2, -0.15) is 0 Å². The Balaban J connectivity index is 2.03. The van der Waals surface area contributed by atoms with Crippen LogP contribution in [0, 0.1) is 10.5 Å². The van der Waals surface area contributed by atoms with Crippen LogP contribution in [0.25, 0.3) is 0 Å². The Morgan fingerprint density at radius 3 is 2.68 bits per heavy atom. The number of hydrogen-bond donors (Lipinski definition) is 2. The fourth-order valence-corrected chi connectivity index (χ4v) is 2.64. The van der Waals surface area contributed by atoms with Crippen LogP contribution in [0.4, 0.5) is 11.4 Å². The number of halogens is 2. The van der Waals surface area contributed by atoms with E-state index in [0.29, 0.717) is 16.5 Å². The highest BCUT2D eigenvalue weighted by Gasteiger charge is 2.10. The number of anilines is 2. The van der Waals surface area contributed by atoms with Crippen molar-refractivity contribution in [3.05, 3.63) is 50.6 Å². The monoisotopic (exact) mass is 430 g/mol. The predicted octanol–water partition coefficient (Wildman–Crippen LogP) is 4.31. The molecule has 4 nitrogen and oxygen atoms in total. The maximum Gasteiger partial charge on any atom is 0.243 e. The lowest BCUT2D eigenvalue weighted by Gasteiger charge is -2.13. The normalized spacial score (nSPS) is 10.2. The first-order valence-electron chi connectivity index (χ1n) is 6.63. The number of carbonyl (C=O) groups is 1. The molecule has 2 N–H and O–H groups in total. The lowest BCUT2D eigenvalue weighted by Crippen LogP contribution is -2.22. The molecule has 0 atom stereocenters. The molecule has 116 valence electrons. The van der Waals surface area contributed by atoms with E-state index < -0.39 is 0 Å². The first kappa shape index (κ1) is 16.9. The minimum atomic E-state index is -0.153. The first-order valence-corrected chi connectivity index (χ1v) is 8.09. The van der Waals surface area contributed by atoms with Gasteiger partial charge in [-0.1, -0.05) is 23.7 Å². The first-order chi connectivity index (χ1) is 10.5. The van der Waals surface area contributed by atoms with Crippen LogP contribution >= 0.6 is 34.2 Å². The Labute approximate surface area is 148 Å². The fraction of sp³-hybridized carbons (Fsp3) is 0.188. The van der Waals surface area contributed by atoms with E-state index in [4.69, 9.17) is 16.3 Å². The van der Waals surface area contributed by atoms with E-state index >= 15 is 0 Å². The van der Waals surface area contributed by atoms with Crippen molar-refractivity contribution >= 4 is 51.5 Å². The van der Waals surface area contributed by atoms with Crippen molar-refractivity contribution in [3.63, 3.8) is 0 Å². The molecule has 6 heteroatoms. The third kappa shape index (κ3) is 4.27. The average Bonchev–Trinajstić information content (AvgIpc) is 2.50. The minimum Gasteiger partial charge on any atom is -0.495 e. The number of nitrogens with one attached hydrogen (secondary N) is 2. The Bertz CT molecular complexity index is 692. The van der Waals surface area contributed by atoms with Crippen molar-refractivity contribution in [1.82, 2.24) is 0 Å². The number of carbonyl (C=O) groups excluding carboxylic acids is 1. The van der Waals surface area contributed by atoms with E-state index in [1.54, 1.807) is 19.2 Å². The summed E-state index contributed by atoms with van der Waals surface area (Å²) in [5.41, 5.74) is 2.42. The largest absolute Gasteiger partial charge is 0.495 e. The molecule has 0 saturated carbocycles. The molecule has 0 saturated heterocycles. The van der Waals surface area contributed by atoms with Crippen molar-refractivity contribution < 1.29 is 9.53 Å². The summed E-state index contributed by atoms with van der Waals surface area (Å²) in [5.74, 6) is 0.387. The van der Waals surface area contributed by atoms with Gasteiger partial charge in [0.2, 0.25) is 5.91 Å². The van der Waals surface area contributed by atoms with Gasteiger partial charge >= 0.3 is 0 Å². The summed E-state index contributed by atoms with van der Waals surface area (Å²) in [6, 6.07) is 11.3. The number of amides is 1. The Morgan fingerprint density at radius 1 is 1.27 bits per heavy atom. The van der Waals surface area contributed by atoms with E-state index in [1.165, 1.54) is 0 Å². The number of aryl methyl sites for hydroxylation is 1. The molecule has 1 amide bonds. The van der Waals surface area contributed by atoms with Gasteiger partial charge in [0, 0.05) is 20.3 Å². The molecule has 2 rings (SSSR count). The van der Waals surface area contributed by atoms with E-state index in [-0.39, 0.29) is 12.5 Å². The molecule has 0 radical (unpaired) electrons. The van der Waals surface area contributed by atoms with Gasteiger partial charge in [-0.25, -0.2) is 0 Å². The zero-order chi connectivity index (χ0) is 16.1. The van der Waals surface area contributed by atoms with Gasteiger partial charge in [0.05, 0.1) is 19.3 Å². The minimum absolute atomic E-state index is 0.153. The molecule has 2 aromatic rings. The zero-order valence-electron chi connectivity index (χ0n) is 12.2. The van der Waals surface area contributed by atoms with Gasteiger partial charge in [0.1, 0.15) is 5.75 Å². The molecular formula is C16H16ClIN2O2. The molecule has 0 bridgehead atoms. The van der Waals surface area contributed by atoms with Crippen LogP contribution in [0.15, 0.2) is 36.4 Å². The molecule has 0 unspecified atom stereocenters. The highest BCUT2D eigenvalue weighted by molar-refractivity contribution is 14.1. The standard InChI is InChI=1S/C16H16ClIN2O2/c1-10-7-14(15(22-2)8-11(10)17)20-16(21)9-19-13-6-4-3-5-12(13)18/h3-8,19H,9H2,1-2H3,(H,20,21). The van der Waals surface area contributed by atoms with Gasteiger partial charge in [-0.15, -0.1) is 0 Å². The lowest BCUT2D eigenvalue weighted by molar-refractivity contribution is -0.114. The highest BCUT2D eigenvalue weighted by atomic mass is 127. The molecule has 0 aliphatic rings. The molecule has 0 aliphatic carbocycles. The van der Waals surface area contributed by atoms with Crippen LogP contribution in [0.5, 0.6) is 5.75 Å². The van der Waals surface area contributed by atoms with Crippen LogP contribution in [0.1, 0.15) is 5.56 Å². The maximum atomic E-state index is 12.1. The molecule has 0 aliphatic heterocycles. The second-order valence-corrected chi connectivity index (χ2v) is 6.25. The smallest absolute Gasteiger partial charge is 0.243 e. The van der Waals surface area contributed by atoms with E-state index in [9.17, 15) is 4.79 Å². The molecule has 2 aromatic carbocycles. The summed E-state index contributed by atoms with van der Waals surface area (Å²) < 4.78 is 6.31. The van der Waals surface area contributed by atoms with Crippen molar-refractivity contribution in [2.24, 2.45) is 0 Å². The Kier molecular flexibility index (Phi) is 5.90. The molecule has 0 fully saturated rings. The maximum absolute atomic E-state index is 12.1. The predicted molar refractivity (Wildman–Crippen MR) is 99.0 cm³/mol. The average molecular weight is 431 g/mol. The second-order valence-electron chi connectivity index (χ2n) is 4.68. The third-order valence-corrected chi connectivity index (χ3v) is 4.42. The van der Waals surface area contributed by atoms with Gasteiger partial charge in [0.25, 0.3) is 0 Å². The number of methoxy groups -OCH3 is 1. The number of hydrogen-bond acceptors (Lipinski definition) is 3. The van der Waals surface area contributed by atoms with E-state index in [1.807, 2.05) is 31.2 Å². The lowest BCUT2D eigenvalue weighted by atomic mass is 10.2. The molecule has 0 spiro atoms. The fourth-order valence-electron chi connectivity index (χ4n) is 1.90. The summed E-state index contributed by atoms with van der Waals surface area (Å²) in [5, 5.41) is 6.55. The summed E-state index contributed by atoms with van der Waals surface area (Å²) in [6.45, 7) is 2.05. The molecular weight excluding hydrogens is 415 g/mol. The van der Waals surface area contributed by atoms with Crippen molar-refractivity contribution in [2.75, 3.05) is 24.3 Å². The topological polar surface area (TPSA) is 50.4 Å².